The van der Waals surface area contributed by atoms with Gasteiger partial charge in [0, 0.05) is 19.3 Å². The summed E-state index contributed by atoms with van der Waals surface area (Å²) in [6.45, 7) is 6.55. The van der Waals surface area contributed by atoms with Crippen molar-refractivity contribution in [3.8, 4) is 0 Å². The molecule has 0 aromatic heterocycles. The van der Waals surface area contributed by atoms with Gasteiger partial charge < -0.3 is 14.2 Å². The quantitative estimate of drug-likeness (QED) is 0.0261. The monoisotopic (exact) mass is 1060 g/mol. The summed E-state index contributed by atoms with van der Waals surface area (Å²) >= 11 is 0. The molecule has 6 heteroatoms. The summed E-state index contributed by atoms with van der Waals surface area (Å²) in [5, 5.41) is 0. The lowest BCUT2D eigenvalue weighted by Crippen LogP contribution is -2.30. The molecular formula is C70H128O6. The van der Waals surface area contributed by atoms with Crippen molar-refractivity contribution >= 4 is 17.9 Å². The Morgan fingerprint density at radius 3 is 0.829 bits per heavy atom. The smallest absolute Gasteiger partial charge is 0.306 e. The molecule has 1 atom stereocenters. The molecule has 0 saturated heterocycles. The summed E-state index contributed by atoms with van der Waals surface area (Å²) in [6.07, 6.45) is 81.5. The molecule has 0 rings (SSSR count). The second kappa shape index (κ2) is 64.9. The number of unbranched alkanes of at least 4 members (excludes halogenated alkanes) is 43. The Balaban J connectivity index is 4.17. The third-order valence-corrected chi connectivity index (χ3v) is 15.1. The lowest BCUT2D eigenvalue weighted by molar-refractivity contribution is -0.167. The average Bonchev–Trinajstić information content (AvgIpc) is 3.42. The van der Waals surface area contributed by atoms with Crippen LogP contribution in [0.3, 0.4) is 0 Å². The van der Waals surface area contributed by atoms with Crippen LogP contribution in [0.5, 0.6) is 0 Å². The van der Waals surface area contributed by atoms with Crippen molar-refractivity contribution < 1.29 is 28.6 Å². The molecule has 0 amide bonds. The molecule has 0 aliphatic heterocycles. The summed E-state index contributed by atoms with van der Waals surface area (Å²) in [4.78, 5) is 38.3. The summed E-state index contributed by atoms with van der Waals surface area (Å²) in [5.74, 6) is -0.902. The molecule has 0 aromatic rings. The van der Waals surface area contributed by atoms with E-state index in [0.717, 1.165) is 96.3 Å². The van der Waals surface area contributed by atoms with Crippen LogP contribution in [0.1, 0.15) is 361 Å². The normalized spacial score (nSPS) is 12.3. The van der Waals surface area contributed by atoms with E-state index < -0.39 is 6.10 Å². The van der Waals surface area contributed by atoms with Crippen molar-refractivity contribution in [2.24, 2.45) is 0 Å². The summed E-state index contributed by atoms with van der Waals surface area (Å²) in [7, 11) is 0. The van der Waals surface area contributed by atoms with Gasteiger partial charge in [-0.15, -0.1) is 0 Å². The SMILES string of the molecule is CC/C=C\C/C=C\C/C=C\CCCCCC(=O)OCC(COC(=O)CCCCCCCCCCCCCCCCCCCCCCCCCCCCCCC)OC(=O)CCCCCCC/C=C\CCCCCCCCC. The molecule has 0 aromatic carbocycles. The first-order valence-corrected chi connectivity index (χ1v) is 33.6. The predicted molar refractivity (Wildman–Crippen MR) is 330 cm³/mol. The zero-order chi connectivity index (χ0) is 55.0. The van der Waals surface area contributed by atoms with E-state index in [1.54, 1.807) is 0 Å². The Kier molecular flexibility index (Phi) is 62.6. The Labute approximate surface area is 473 Å². The van der Waals surface area contributed by atoms with Gasteiger partial charge in [-0.1, -0.05) is 313 Å². The third-order valence-electron chi connectivity index (χ3n) is 15.1. The minimum absolute atomic E-state index is 0.0825. The fraction of sp³-hybridized carbons (Fsp3) is 0.843. The van der Waals surface area contributed by atoms with E-state index in [4.69, 9.17) is 14.2 Å². The lowest BCUT2D eigenvalue weighted by atomic mass is 10.0. The van der Waals surface area contributed by atoms with Crippen molar-refractivity contribution in [3.05, 3.63) is 48.6 Å². The van der Waals surface area contributed by atoms with Crippen LogP contribution in [0.25, 0.3) is 0 Å². The Hall–Kier alpha value is -2.63. The topological polar surface area (TPSA) is 78.9 Å². The number of rotatable bonds is 62. The van der Waals surface area contributed by atoms with E-state index in [1.165, 1.54) is 225 Å². The van der Waals surface area contributed by atoms with Gasteiger partial charge >= 0.3 is 17.9 Å². The largest absolute Gasteiger partial charge is 0.462 e. The van der Waals surface area contributed by atoms with E-state index in [0.29, 0.717) is 19.3 Å². The fourth-order valence-electron chi connectivity index (χ4n) is 10.0. The number of esters is 3. The van der Waals surface area contributed by atoms with Gasteiger partial charge in [0.15, 0.2) is 6.10 Å². The van der Waals surface area contributed by atoms with Crippen LogP contribution in [0, 0.1) is 0 Å². The molecule has 0 fully saturated rings. The number of allylic oxidation sites excluding steroid dienone is 8. The Bertz CT molecular complexity index is 1310. The fourth-order valence-corrected chi connectivity index (χ4v) is 10.0. The van der Waals surface area contributed by atoms with Crippen LogP contribution in [0.4, 0.5) is 0 Å². The van der Waals surface area contributed by atoms with Gasteiger partial charge in [-0.05, 0) is 77.0 Å². The summed E-state index contributed by atoms with van der Waals surface area (Å²) < 4.78 is 16.9. The van der Waals surface area contributed by atoms with Crippen molar-refractivity contribution in [2.45, 2.75) is 367 Å². The Morgan fingerprint density at radius 2 is 0.513 bits per heavy atom. The zero-order valence-corrected chi connectivity index (χ0v) is 51.0. The number of carbonyl (C=O) groups excluding carboxylic acids is 3. The highest BCUT2D eigenvalue weighted by atomic mass is 16.6. The van der Waals surface area contributed by atoms with Gasteiger partial charge in [-0.2, -0.15) is 0 Å². The molecule has 0 aliphatic carbocycles. The van der Waals surface area contributed by atoms with Gasteiger partial charge in [0.1, 0.15) is 13.2 Å². The molecule has 444 valence electrons. The van der Waals surface area contributed by atoms with Crippen LogP contribution in [0.15, 0.2) is 48.6 Å². The highest BCUT2D eigenvalue weighted by molar-refractivity contribution is 5.71. The van der Waals surface area contributed by atoms with Gasteiger partial charge in [-0.3, -0.25) is 14.4 Å². The highest BCUT2D eigenvalue weighted by Crippen LogP contribution is 2.18. The number of hydrogen-bond acceptors (Lipinski definition) is 6. The molecule has 0 aliphatic rings. The van der Waals surface area contributed by atoms with Crippen LogP contribution in [-0.2, 0) is 28.6 Å². The van der Waals surface area contributed by atoms with Crippen molar-refractivity contribution in [3.63, 3.8) is 0 Å². The molecule has 6 nitrogen and oxygen atoms in total. The van der Waals surface area contributed by atoms with E-state index >= 15 is 0 Å². The van der Waals surface area contributed by atoms with E-state index in [9.17, 15) is 14.4 Å². The predicted octanol–water partition coefficient (Wildman–Crippen LogP) is 22.9. The molecule has 1 unspecified atom stereocenters. The highest BCUT2D eigenvalue weighted by Gasteiger charge is 2.19. The lowest BCUT2D eigenvalue weighted by Gasteiger charge is -2.18. The molecular weight excluding hydrogens is 937 g/mol. The van der Waals surface area contributed by atoms with Gasteiger partial charge in [-0.25, -0.2) is 0 Å². The maximum Gasteiger partial charge on any atom is 0.306 e. The minimum atomic E-state index is -0.788. The van der Waals surface area contributed by atoms with Crippen molar-refractivity contribution in [2.75, 3.05) is 13.2 Å². The van der Waals surface area contributed by atoms with Gasteiger partial charge in [0.2, 0.25) is 0 Å². The Morgan fingerprint density at radius 1 is 0.276 bits per heavy atom. The maximum atomic E-state index is 12.9. The van der Waals surface area contributed by atoms with Crippen molar-refractivity contribution in [1.82, 2.24) is 0 Å². The third kappa shape index (κ3) is 62.2. The maximum absolute atomic E-state index is 12.9. The van der Waals surface area contributed by atoms with Crippen LogP contribution in [-0.4, -0.2) is 37.2 Å². The molecule has 0 N–H and O–H groups in total. The standard InChI is InChI=1S/C70H128O6/c1-4-7-10-13-16-19-22-25-27-29-30-31-32-33-34-35-36-37-38-39-40-41-43-45-48-51-54-57-60-63-69(72)75-66-67(65-74-68(71)62-59-56-53-50-47-44-24-21-18-15-12-9-6-3)76-70(73)64-61-58-55-52-49-46-42-28-26-23-20-17-14-11-8-5-2/h9,12,18,21,28,42,44,47,67H,4-8,10-11,13-17,19-20,22-27,29-41,43,45-46,48-66H2,1-3H3/b12-9-,21-18-,42-28-,47-44-. The second-order valence-electron chi connectivity index (χ2n) is 22.7. The van der Waals surface area contributed by atoms with Crippen molar-refractivity contribution in [1.29, 1.82) is 0 Å². The number of carbonyl (C=O) groups is 3. The first-order valence-electron chi connectivity index (χ1n) is 33.6. The molecule has 0 saturated carbocycles. The van der Waals surface area contributed by atoms with Gasteiger partial charge in [0.25, 0.3) is 0 Å². The summed E-state index contributed by atoms with van der Waals surface area (Å²) in [5.41, 5.74) is 0. The molecule has 0 radical (unpaired) electrons. The average molecular weight is 1070 g/mol. The van der Waals surface area contributed by atoms with E-state index in [1.807, 2.05) is 0 Å². The van der Waals surface area contributed by atoms with Crippen LogP contribution >= 0.6 is 0 Å². The first kappa shape index (κ1) is 73.4. The summed E-state index contributed by atoms with van der Waals surface area (Å²) in [6, 6.07) is 0. The van der Waals surface area contributed by atoms with Crippen LogP contribution in [0.2, 0.25) is 0 Å². The van der Waals surface area contributed by atoms with E-state index in [-0.39, 0.29) is 31.1 Å². The number of ether oxygens (including phenoxy) is 3. The molecule has 0 spiro atoms. The van der Waals surface area contributed by atoms with E-state index in [2.05, 4.69) is 69.4 Å². The molecule has 0 bridgehead atoms. The number of hydrogen-bond donors (Lipinski definition) is 0. The molecule has 0 heterocycles. The van der Waals surface area contributed by atoms with Crippen LogP contribution < -0.4 is 0 Å². The first-order chi connectivity index (χ1) is 37.5. The zero-order valence-electron chi connectivity index (χ0n) is 51.0. The van der Waals surface area contributed by atoms with Gasteiger partial charge in [0.05, 0.1) is 0 Å². The second-order valence-corrected chi connectivity index (χ2v) is 22.7. The minimum Gasteiger partial charge on any atom is -0.462 e. The molecule has 76 heavy (non-hydrogen) atoms.